The summed E-state index contributed by atoms with van der Waals surface area (Å²) < 4.78 is 79.8. The van der Waals surface area contributed by atoms with E-state index in [0.717, 1.165) is 44.1 Å². The van der Waals surface area contributed by atoms with Crippen LogP contribution in [0.3, 0.4) is 0 Å². The Morgan fingerprint density at radius 1 is 0.333 bits per heavy atom. The third kappa shape index (κ3) is 26.6. The molecule has 132 heavy (non-hydrogen) atoms. The zero-order chi connectivity index (χ0) is 96.1. The topological polar surface area (TPSA) is 398 Å². The van der Waals surface area contributed by atoms with Crippen LogP contribution in [0.1, 0.15) is 154 Å². The fourth-order valence-corrected chi connectivity index (χ4v) is 14.4. The summed E-state index contributed by atoms with van der Waals surface area (Å²) in [6, 6.07) is 39.5. The van der Waals surface area contributed by atoms with Crippen LogP contribution in [0.2, 0.25) is 40.2 Å². The van der Waals surface area contributed by atoms with Gasteiger partial charge in [0.25, 0.3) is 23.6 Å². The number of carbonyl (C=O) groups is 8. The SMILES string of the molecule is COc1cc(Cl)cc(C(=O)Nc2ccc(Cl)cn2)c1CC(=O)c1ccc(C(=N)N)cc1F.COc1cc(Cl)cc(C(=O)Nc2ccc(Cl)cn2)c1CC(=O)c1ccc(C(=N)N2CCCC2)cc1F.COc1cc(Cl)cc(C(=O)Nc2ccc(Cl)cn2)c1CC(=O)c1ccc(C(C)=N)cc1F.COc1cc(Cl)cc(C(=O)Nc2ccc(Cl)cn2)c1CC(=O)c1ccc(C(C)=N)cc1F. The van der Waals surface area contributed by atoms with Gasteiger partial charge < -0.3 is 61.7 Å². The van der Waals surface area contributed by atoms with Crippen LogP contribution in [0.4, 0.5) is 40.8 Å². The van der Waals surface area contributed by atoms with Crippen LogP contribution in [0.15, 0.2) is 195 Å². The zero-order valence-electron chi connectivity index (χ0n) is 70.4. The Hall–Kier alpha value is -13.6. The molecule has 8 aromatic carbocycles. The predicted molar refractivity (Wildman–Crippen MR) is 502 cm³/mol. The molecule has 12 aromatic rings. The summed E-state index contributed by atoms with van der Waals surface area (Å²) in [5.41, 5.74) is 7.68. The van der Waals surface area contributed by atoms with Gasteiger partial charge in [-0.25, -0.2) is 37.5 Å². The monoisotopic (exact) mass is 1950 g/mol. The minimum Gasteiger partial charge on any atom is -0.496 e. The fraction of sp³-hybridized carbons (Fsp3) is 0.149. The Morgan fingerprint density at radius 3 is 0.788 bits per heavy atom. The number of nitrogens with zero attached hydrogens (tertiary/aromatic N) is 5. The number of ether oxygens (including phenoxy) is 4. The third-order valence-electron chi connectivity index (χ3n) is 19.7. The molecule has 0 atom stereocenters. The van der Waals surface area contributed by atoms with E-state index in [1.807, 2.05) is 4.90 Å². The van der Waals surface area contributed by atoms with Crippen LogP contribution in [0.5, 0.6) is 23.0 Å². The molecule has 13 rings (SSSR count). The van der Waals surface area contributed by atoms with Gasteiger partial charge in [-0.05, 0) is 183 Å². The number of halogens is 12. The number of carbonyl (C=O) groups excluding carboxylic acids is 8. The highest BCUT2D eigenvalue weighted by Crippen LogP contribution is 2.36. The summed E-state index contributed by atoms with van der Waals surface area (Å²) in [4.78, 5) is 122. The number of hydrogen-bond acceptors (Lipinski definition) is 20. The Kier molecular flexibility index (Phi) is 35.3. The van der Waals surface area contributed by atoms with Gasteiger partial charge in [0.15, 0.2) is 23.1 Å². The molecule has 1 fully saturated rings. The molecular weight excluding hydrogens is 1880 g/mol. The number of benzene rings is 8. The first-order chi connectivity index (χ1) is 62.8. The van der Waals surface area contributed by atoms with Crippen LogP contribution in [0.25, 0.3) is 0 Å². The van der Waals surface area contributed by atoms with Crippen molar-refractivity contribution in [1.82, 2.24) is 24.8 Å². The molecule has 0 aliphatic carbocycles. The van der Waals surface area contributed by atoms with Crippen molar-refractivity contribution in [3.63, 3.8) is 0 Å². The fourth-order valence-electron chi connectivity index (χ4n) is 13.1. The molecular formula is C94H76Cl8F4N14O12. The Balaban J connectivity index is 0.000000183. The van der Waals surface area contributed by atoms with Crippen molar-refractivity contribution >= 4 is 186 Å². The van der Waals surface area contributed by atoms with E-state index in [-0.39, 0.29) is 187 Å². The number of nitrogens with two attached hydrogens (primary N) is 1. The Bertz CT molecular complexity index is 6070. The molecule has 38 heteroatoms. The maximum Gasteiger partial charge on any atom is 0.257 e. The Labute approximate surface area is 792 Å². The number of pyridine rings is 4. The maximum absolute atomic E-state index is 15.0. The van der Waals surface area contributed by atoms with Gasteiger partial charge in [0, 0.05) is 151 Å². The molecule has 0 bridgehead atoms. The van der Waals surface area contributed by atoms with Gasteiger partial charge in [0.05, 0.1) is 70.8 Å². The highest BCUT2D eigenvalue weighted by Gasteiger charge is 2.30. The molecule has 1 saturated heterocycles. The standard InChI is InChI=1S/C26H23Cl2FN4O3.2C23H18Cl2FN3O3.C22H17Cl2FN4O3/c1-36-23-12-17(28)11-20(26(35)32-24-7-5-16(27)14-31-24)19(23)13-22(34)18-6-4-15(10-21(18)29)25(30)33-8-2-3-9-33;2*1-12(27)13-3-5-16(19(26)7-13)20(30)10-17-18(8-15(25)9-21(17)32-2)23(31)29-22-6-4-14(24)11-28-22;1-32-19-8-13(24)7-16(22(31)29-20-5-3-12(23)10-28-20)15(19)9-18(30)14-4-2-11(21(26)27)6-17(14)25/h4-7,10-12,14,30H,2-3,8-9,13H2,1H3,(H,31,32,35);2*3-9,11,27H,10H2,1-2H3,(H,28,29,31);2-8,10H,9H2,1H3,(H3,26,27)(H,28,29,31). The summed E-state index contributed by atoms with van der Waals surface area (Å²) in [6.07, 6.45) is 6.23. The van der Waals surface area contributed by atoms with Crippen LogP contribution in [-0.2, 0) is 25.7 Å². The molecule has 1 aliphatic rings. The normalized spacial score (nSPS) is 11.2. The van der Waals surface area contributed by atoms with Crippen molar-refractivity contribution in [2.75, 3.05) is 62.8 Å². The summed E-state index contributed by atoms with van der Waals surface area (Å²) >= 11 is 47.9. The Morgan fingerprint density at radius 2 is 0.568 bits per heavy atom. The number of Topliss-reactive ketones (excluding diaryl/α,β-unsaturated/α-hetero) is 4. The minimum atomic E-state index is -0.827. The average Bonchev–Trinajstić information content (AvgIpc) is 0.903. The van der Waals surface area contributed by atoms with E-state index in [9.17, 15) is 55.9 Å². The van der Waals surface area contributed by atoms with E-state index in [1.54, 1.807) is 30.3 Å². The van der Waals surface area contributed by atoms with Gasteiger partial charge in [0.1, 0.15) is 81.2 Å². The molecule has 26 nitrogen and oxygen atoms in total. The highest BCUT2D eigenvalue weighted by atomic mass is 35.5. The molecule has 4 amide bonds. The first-order valence-corrected chi connectivity index (χ1v) is 42.1. The number of hydrogen-bond donors (Lipinski definition) is 9. The second kappa shape index (κ2) is 46.3. The van der Waals surface area contributed by atoms with E-state index in [2.05, 4.69) is 41.2 Å². The van der Waals surface area contributed by atoms with Gasteiger partial charge >= 0.3 is 0 Å². The first kappa shape index (κ1) is 101. The largest absolute Gasteiger partial charge is 0.496 e. The van der Waals surface area contributed by atoms with Crippen molar-refractivity contribution in [2.45, 2.75) is 52.4 Å². The quantitative estimate of drug-likeness (QED) is 0.00952. The zero-order valence-corrected chi connectivity index (χ0v) is 76.4. The van der Waals surface area contributed by atoms with Gasteiger partial charge in [0.2, 0.25) is 0 Å². The highest BCUT2D eigenvalue weighted by molar-refractivity contribution is 6.34. The lowest BCUT2D eigenvalue weighted by atomic mass is 9.96. The first-order valence-electron chi connectivity index (χ1n) is 39.1. The number of amides is 4. The van der Waals surface area contributed by atoms with Crippen molar-refractivity contribution in [2.24, 2.45) is 5.73 Å². The molecule has 5 heterocycles. The van der Waals surface area contributed by atoms with Gasteiger partial charge in [-0.15, -0.1) is 0 Å². The molecule has 0 radical (unpaired) electrons. The number of rotatable bonds is 28. The lowest BCUT2D eigenvalue weighted by Crippen LogP contribution is -2.27. The number of methoxy groups -OCH3 is 4. The molecule has 4 aromatic heterocycles. The minimum absolute atomic E-state index is 0.0696. The van der Waals surface area contributed by atoms with Crippen molar-refractivity contribution < 1.29 is 74.9 Å². The van der Waals surface area contributed by atoms with Crippen LogP contribution < -0.4 is 45.9 Å². The van der Waals surface area contributed by atoms with Crippen LogP contribution >= 0.6 is 92.8 Å². The van der Waals surface area contributed by atoms with E-state index in [1.165, 1.54) is 188 Å². The van der Waals surface area contributed by atoms with E-state index < -0.39 is 70.0 Å². The summed E-state index contributed by atoms with van der Waals surface area (Å²) in [5, 5.41) is 43.9. The molecule has 1 aliphatic heterocycles. The smallest absolute Gasteiger partial charge is 0.257 e. The van der Waals surface area contributed by atoms with E-state index >= 15 is 0 Å². The van der Waals surface area contributed by atoms with Gasteiger partial charge in [-0.3, -0.25) is 49.2 Å². The van der Waals surface area contributed by atoms with E-state index in [4.69, 9.17) is 139 Å². The summed E-state index contributed by atoms with van der Waals surface area (Å²) in [7, 11) is 5.51. The van der Waals surface area contributed by atoms with E-state index in [0.29, 0.717) is 36.8 Å². The second-order valence-corrected chi connectivity index (χ2v) is 32.2. The number of ketones is 4. The van der Waals surface area contributed by atoms with Gasteiger partial charge in [-0.1, -0.05) is 117 Å². The molecule has 0 saturated carbocycles. The number of nitrogens with one attached hydrogen (secondary N) is 8. The summed E-state index contributed by atoms with van der Waals surface area (Å²) in [6.45, 7) is 4.56. The number of likely N-dealkylation sites (tertiary alicyclic amines) is 1. The predicted octanol–water partition coefficient (Wildman–Crippen LogP) is 21.3. The van der Waals surface area contributed by atoms with Crippen molar-refractivity contribution in [3.8, 4) is 23.0 Å². The lowest BCUT2D eigenvalue weighted by Gasteiger charge is -2.19. The second-order valence-electron chi connectivity index (χ2n) is 28.7. The molecule has 0 spiro atoms. The molecule has 10 N–H and O–H groups in total. The van der Waals surface area contributed by atoms with Crippen molar-refractivity contribution in [1.29, 1.82) is 21.6 Å². The molecule has 0 unspecified atom stereocenters. The van der Waals surface area contributed by atoms with Crippen molar-refractivity contribution in [3.05, 3.63) is 347 Å². The lowest BCUT2D eigenvalue weighted by molar-refractivity contribution is 0.0975. The number of aromatic nitrogens is 4. The maximum atomic E-state index is 15.0. The number of nitrogen functional groups attached to an aromatic ring is 1. The average molecular weight is 1950 g/mol. The van der Waals surface area contributed by atoms with Gasteiger partial charge in [-0.2, -0.15) is 0 Å². The summed E-state index contributed by atoms with van der Waals surface area (Å²) in [5.74, 6) is -5.87. The van der Waals surface area contributed by atoms with Crippen LogP contribution in [0, 0.1) is 44.9 Å². The molecule has 678 valence electrons. The van der Waals surface area contributed by atoms with Crippen LogP contribution in [-0.4, -0.2) is 136 Å². The third-order valence-corrected chi connectivity index (χ3v) is 21.5. The number of amidine groups is 2. The number of anilines is 4.